The molecule has 8 heteroatoms. The molecule has 6 aromatic rings. The lowest BCUT2D eigenvalue weighted by Gasteiger charge is -2.14. The van der Waals surface area contributed by atoms with E-state index in [1.54, 1.807) is 28.3 Å². The Morgan fingerprint density at radius 3 is 2.07 bits per heavy atom. The summed E-state index contributed by atoms with van der Waals surface area (Å²) in [5.41, 5.74) is 7.20. The standard InChI is InChI=1S/C36H31N3O5/c1-24-19-28(14-13-27(24)21-34(40)41)29-15-16-30-32(20-29)38(2)36(42)39(30)31-17-18-33(43-22-25-9-5-3-6-10-25)37-35(31)44-23-26-11-7-4-8-12-26/h3-20H,21-23H2,1-2H3,(H,40,41). The van der Waals surface area contributed by atoms with Gasteiger partial charge in [0.25, 0.3) is 0 Å². The van der Waals surface area contributed by atoms with E-state index >= 15 is 0 Å². The molecule has 44 heavy (non-hydrogen) atoms. The number of aryl methyl sites for hydroxylation is 2. The fraction of sp³-hybridized carbons (Fsp3) is 0.139. The minimum absolute atomic E-state index is 0.0265. The van der Waals surface area contributed by atoms with E-state index < -0.39 is 5.97 Å². The zero-order valence-electron chi connectivity index (χ0n) is 24.4. The van der Waals surface area contributed by atoms with Gasteiger partial charge in [-0.25, -0.2) is 4.79 Å². The highest BCUT2D eigenvalue weighted by Crippen LogP contribution is 2.31. The van der Waals surface area contributed by atoms with E-state index in [1.165, 1.54) is 0 Å². The number of hydrogen-bond donors (Lipinski definition) is 1. The second-order valence-corrected chi connectivity index (χ2v) is 10.6. The zero-order chi connectivity index (χ0) is 30.6. The average Bonchev–Trinajstić information content (AvgIpc) is 3.29. The fourth-order valence-corrected chi connectivity index (χ4v) is 5.22. The number of carbonyl (C=O) groups is 1. The number of carboxylic acids is 1. The molecule has 2 heterocycles. The van der Waals surface area contributed by atoms with E-state index in [0.29, 0.717) is 23.7 Å². The largest absolute Gasteiger partial charge is 0.481 e. The van der Waals surface area contributed by atoms with Crippen LogP contribution < -0.4 is 15.2 Å². The lowest BCUT2D eigenvalue weighted by atomic mass is 9.98. The number of fused-ring (bicyclic) bond motifs is 1. The molecule has 0 unspecified atom stereocenters. The molecule has 220 valence electrons. The summed E-state index contributed by atoms with van der Waals surface area (Å²) in [6, 6.07) is 34.7. The van der Waals surface area contributed by atoms with E-state index in [9.17, 15) is 14.7 Å². The first-order valence-corrected chi connectivity index (χ1v) is 14.3. The molecule has 2 aromatic heterocycles. The van der Waals surface area contributed by atoms with E-state index in [4.69, 9.17) is 9.47 Å². The van der Waals surface area contributed by atoms with Crippen LogP contribution in [0.1, 0.15) is 22.3 Å². The molecule has 0 bridgehead atoms. The van der Waals surface area contributed by atoms with Gasteiger partial charge in [0.05, 0.1) is 17.5 Å². The monoisotopic (exact) mass is 585 g/mol. The average molecular weight is 586 g/mol. The maximum absolute atomic E-state index is 13.7. The Labute approximate surface area is 254 Å². The predicted molar refractivity (Wildman–Crippen MR) is 169 cm³/mol. The first kappa shape index (κ1) is 28.5. The van der Waals surface area contributed by atoms with Crippen LogP contribution in [0.5, 0.6) is 11.8 Å². The van der Waals surface area contributed by atoms with Crippen molar-refractivity contribution in [2.45, 2.75) is 26.6 Å². The Kier molecular flexibility index (Phi) is 7.97. The summed E-state index contributed by atoms with van der Waals surface area (Å²) in [5.74, 6) is -0.198. The van der Waals surface area contributed by atoms with Crippen molar-refractivity contribution >= 4 is 17.0 Å². The van der Waals surface area contributed by atoms with Gasteiger partial charge >= 0.3 is 11.7 Å². The minimum Gasteiger partial charge on any atom is -0.481 e. The van der Waals surface area contributed by atoms with Gasteiger partial charge in [0, 0.05) is 13.1 Å². The first-order valence-electron chi connectivity index (χ1n) is 14.3. The minimum atomic E-state index is -0.865. The van der Waals surface area contributed by atoms with Crippen LogP contribution in [0.25, 0.3) is 27.8 Å². The van der Waals surface area contributed by atoms with E-state index in [0.717, 1.165) is 38.9 Å². The highest BCUT2D eigenvalue weighted by atomic mass is 16.5. The Bertz CT molecular complexity index is 2010. The Morgan fingerprint density at radius 2 is 1.41 bits per heavy atom. The van der Waals surface area contributed by atoms with E-state index in [2.05, 4.69) is 4.98 Å². The highest BCUT2D eigenvalue weighted by molar-refractivity contribution is 5.84. The number of rotatable bonds is 10. The van der Waals surface area contributed by atoms with Crippen LogP contribution in [0, 0.1) is 6.92 Å². The number of nitrogens with zero attached hydrogens (tertiary/aromatic N) is 3. The van der Waals surface area contributed by atoms with E-state index in [1.807, 2.05) is 104 Å². The number of hydrogen-bond acceptors (Lipinski definition) is 5. The van der Waals surface area contributed by atoms with Crippen LogP contribution in [0.4, 0.5) is 0 Å². The van der Waals surface area contributed by atoms with Gasteiger partial charge < -0.3 is 14.6 Å². The lowest BCUT2D eigenvalue weighted by molar-refractivity contribution is -0.136. The molecule has 0 aliphatic rings. The van der Waals surface area contributed by atoms with Gasteiger partial charge in [-0.05, 0) is 58.5 Å². The molecule has 0 amide bonds. The lowest BCUT2D eigenvalue weighted by Crippen LogP contribution is -2.21. The molecule has 0 radical (unpaired) electrons. The van der Waals surface area contributed by atoms with Gasteiger partial charge in [0.15, 0.2) is 0 Å². The van der Waals surface area contributed by atoms with Crippen molar-refractivity contribution in [1.82, 2.24) is 14.1 Å². The Morgan fingerprint density at radius 1 is 0.773 bits per heavy atom. The van der Waals surface area contributed by atoms with Gasteiger partial charge in [-0.3, -0.25) is 13.9 Å². The van der Waals surface area contributed by atoms with Crippen LogP contribution in [0.15, 0.2) is 114 Å². The number of benzene rings is 4. The molecule has 0 spiro atoms. The molecule has 1 N–H and O–H groups in total. The topological polar surface area (TPSA) is 95.6 Å². The Balaban J connectivity index is 1.38. The third-order valence-electron chi connectivity index (χ3n) is 7.58. The van der Waals surface area contributed by atoms with Crippen molar-refractivity contribution in [3.8, 4) is 28.6 Å². The maximum atomic E-state index is 13.7. The summed E-state index contributed by atoms with van der Waals surface area (Å²) in [6.45, 7) is 2.52. The van der Waals surface area contributed by atoms with Gasteiger partial charge in [0.2, 0.25) is 11.8 Å². The second kappa shape index (κ2) is 12.3. The quantitative estimate of drug-likeness (QED) is 0.198. The van der Waals surface area contributed by atoms with Gasteiger partial charge in [-0.2, -0.15) is 4.98 Å². The summed E-state index contributed by atoms with van der Waals surface area (Å²) < 4.78 is 15.4. The van der Waals surface area contributed by atoms with Crippen molar-refractivity contribution < 1.29 is 19.4 Å². The molecule has 0 saturated carbocycles. The van der Waals surface area contributed by atoms with Crippen molar-refractivity contribution in [3.05, 3.63) is 142 Å². The molecule has 4 aromatic carbocycles. The summed E-state index contributed by atoms with van der Waals surface area (Å²) >= 11 is 0. The molecule has 8 nitrogen and oxygen atoms in total. The molecule has 0 saturated heterocycles. The van der Waals surface area contributed by atoms with Gasteiger partial charge in [-0.1, -0.05) is 84.9 Å². The number of imidazole rings is 1. The number of ether oxygens (including phenoxy) is 2. The smallest absolute Gasteiger partial charge is 0.333 e. The third-order valence-corrected chi connectivity index (χ3v) is 7.58. The van der Waals surface area contributed by atoms with Crippen LogP contribution in [0.3, 0.4) is 0 Å². The number of aromatic nitrogens is 3. The summed E-state index contributed by atoms with van der Waals surface area (Å²) in [5, 5.41) is 9.19. The number of aliphatic carboxylic acids is 1. The number of carboxylic acid groups (broad SMARTS) is 1. The summed E-state index contributed by atoms with van der Waals surface area (Å²) in [6.07, 6.45) is -0.0265. The molecule has 0 fully saturated rings. The first-order chi connectivity index (χ1) is 21.4. The molecular weight excluding hydrogens is 554 g/mol. The van der Waals surface area contributed by atoms with Crippen LogP contribution in [-0.2, 0) is 31.5 Å². The van der Waals surface area contributed by atoms with Crippen LogP contribution in [0.2, 0.25) is 0 Å². The summed E-state index contributed by atoms with van der Waals surface area (Å²) in [7, 11) is 1.74. The molecule has 6 rings (SSSR count). The van der Waals surface area contributed by atoms with Crippen molar-refractivity contribution in [1.29, 1.82) is 0 Å². The van der Waals surface area contributed by atoms with Crippen LogP contribution >= 0.6 is 0 Å². The van der Waals surface area contributed by atoms with Crippen LogP contribution in [-0.4, -0.2) is 25.2 Å². The zero-order valence-corrected chi connectivity index (χ0v) is 24.4. The highest BCUT2D eigenvalue weighted by Gasteiger charge is 2.19. The number of pyridine rings is 1. The third kappa shape index (κ3) is 5.96. The normalized spacial score (nSPS) is 11.0. The van der Waals surface area contributed by atoms with E-state index in [-0.39, 0.29) is 24.6 Å². The van der Waals surface area contributed by atoms with Gasteiger partial charge in [-0.15, -0.1) is 0 Å². The second-order valence-electron chi connectivity index (χ2n) is 10.6. The summed E-state index contributed by atoms with van der Waals surface area (Å²) in [4.78, 5) is 29.6. The SMILES string of the molecule is Cc1cc(-c2ccc3c(c2)n(C)c(=O)n3-c2ccc(OCc3ccccc3)nc2OCc2ccccc2)ccc1CC(=O)O. The van der Waals surface area contributed by atoms with Crippen molar-refractivity contribution in [3.63, 3.8) is 0 Å². The molecule has 0 aliphatic carbocycles. The Hall–Kier alpha value is -5.63. The fourth-order valence-electron chi connectivity index (χ4n) is 5.22. The van der Waals surface area contributed by atoms with Crippen molar-refractivity contribution in [2.75, 3.05) is 0 Å². The van der Waals surface area contributed by atoms with Gasteiger partial charge in [0.1, 0.15) is 18.9 Å². The van der Waals surface area contributed by atoms with Crippen molar-refractivity contribution in [2.24, 2.45) is 7.05 Å². The predicted octanol–water partition coefficient (Wildman–Crippen LogP) is 6.48. The molecular formula is C36H31N3O5. The maximum Gasteiger partial charge on any atom is 0.333 e. The molecule has 0 aliphatic heterocycles. The molecule has 0 atom stereocenters.